The summed E-state index contributed by atoms with van der Waals surface area (Å²) in [5.41, 5.74) is 0.605. The number of anilines is 1. The Hall–Kier alpha value is -3.13. The van der Waals surface area contributed by atoms with Crippen molar-refractivity contribution >= 4 is 42.2 Å². The number of nitrogens with one attached hydrogen (secondary N) is 1. The summed E-state index contributed by atoms with van der Waals surface area (Å²) in [5.74, 6) is -1.11. The predicted octanol–water partition coefficient (Wildman–Crippen LogP) is 4.03. The van der Waals surface area contributed by atoms with Crippen LogP contribution >= 0.6 is 7.82 Å². The first-order valence-corrected chi connectivity index (χ1v) is 14.3. The zero-order valence-corrected chi connectivity index (χ0v) is 22.7. The summed E-state index contributed by atoms with van der Waals surface area (Å²) in [6, 6.07) is 2.82. The fraction of sp³-hybridized carbons (Fsp3) is 0.652. The lowest BCUT2D eigenvalue weighted by Crippen LogP contribution is -2.29. The molecule has 1 heterocycles. The third-order valence-electron chi connectivity index (χ3n) is 5.61. The van der Waals surface area contributed by atoms with E-state index >= 15 is 0 Å². The summed E-state index contributed by atoms with van der Waals surface area (Å²) in [4.78, 5) is 52.6. The number of hydrogen-bond acceptors (Lipinski definition) is 12. The van der Waals surface area contributed by atoms with Crippen LogP contribution in [-0.2, 0) is 28.2 Å². The number of carbonyl (C=O) groups excluding carboxylic acids is 2. The first-order chi connectivity index (χ1) is 18.6. The van der Waals surface area contributed by atoms with Crippen LogP contribution in [0.2, 0.25) is 0 Å². The molecule has 0 saturated carbocycles. The van der Waals surface area contributed by atoms with Gasteiger partial charge in [-0.15, -0.1) is 0 Å². The van der Waals surface area contributed by atoms with Gasteiger partial charge in [-0.05, 0) is 35.6 Å². The molecule has 0 aliphatic carbocycles. The summed E-state index contributed by atoms with van der Waals surface area (Å²) >= 11 is 0. The standard InChI is InChI=1S/C23H35N4O11P/c1-2-3-4-5-7-10-20(28)35-15-17(16-36-39(32,33)34)37-21(29)11-8-6-9-14-24-18-12-13-19(27(30)31)23-22(18)25-38-26-23/h12-13,17,24H,2-11,14-16H2,1H3,(H2,32,33,34)/t17-/m1/s1. The Balaban J connectivity index is 1.71. The number of fused-ring (bicyclic) bond motifs is 1. The Kier molecular flexibility index (Phi) is 13.8. The van der Waals surface area contributed by atoms with Gasteiger partial charge in [0, 0.05) is 25.5 Å². The molecular weight excluding hydrogens is 539 g/mol. The van der Waals surface area contributed by atoms with E-state index < -0.39 is 37.4 Å². The molecule has 1 atom stereocenters. The number of benzene rings is 1. The number of nitro benzene ring substituents is 1. The van der Waals surface area contributed by atoms with Crippen molar-refractivity contribution in [3.05, 3.63) is 22.2 Å². The van der Waals surface area contributed by atoms with Crippen molar-refractivity contribution < 1.29 is 47.5 Å². The summed E-state index contributed by atoms with van der Waals surface area (Å²) < 4.78 is 30.4. The molecule has 1 aromatic heterocycles. The van der Waals surface area contributed by atoms with Crippen molar-refractivity contribution in [1.82, 2.24) is 10.3 Å². The SMILES string of the molecule is CCCCCCCC(=O)OC[C@H](COP(=O)(O)O)OC(=O)CCCCCNc1ccc([N+](=O)[O-])c2nonc12. The molecular formula is C23H35N4O11P. The summed E-state index contributed by atoms with van der Waals surface area (Å²) in [6.45, 7) is 1.59. The highest BCUT2D eigenvalue weighted by Crippen LogP contribution is 2.36. The second kappa shape index (κ2) is 16.7. The highest BCUT2D eigenvalue weighted by atomic mass is 31.2. The number of hydrogen-bond donors (Lipinski definition) is 3. The number of non-ortho nitro benzene ring substituents is 1. The minimum absolute atomic E-state index is 0.0345. The van der Waals surface area contributed by atoms with Crippen molar-refractivity contribution in [3.8, 4) is 0 Å². The Bertz CT molecular complexity index is 1120. The van der Waals surface area contributed by atoms with Gasteiger partial charge in [-0.25, -0.2) is 9.19 Å². The maximum Gasteiger partial charge on any atom is 0.469 e. The van der Waals surface area contributed by atoms with E-state index in [-0.39, 0.29) is 36.2 Å². The number of rotatable bonds is 20. The van der Waals surface area contributed by atoms with Crippen LogP contribution in [0.15, 0.2) is 16.8 Å². The first kappa shape index (κ1) is 32.1. The van der Waals surface area contributed by atoms with Crippen LogP contribution in [0.1, 0.15) is 71.1 Å². The van der Waals surface area contributed by atoms with Crippen molar-refractivity contribution in [1.29, 1.82) is 0 Å². The van der Waals surface area contributed by atoms with E-state index in [1.807, 2.05) is 0 Å². The average molecular weight is 575 g/mol. The third-order valence-corrected chi connectivity index (χ3v) is 6.09. The Morgan fingerprint density at radius 2 is 1.69 bits per heavy atom. The number of aromatic nitrogens is 2. The number of phosphoric acid groups is 1. The van der Waals surface area contributed by atoms with Gasteiger partial charge in [0.05, 0.1) is 17.2 Å². The highest BCUT2D eigenvalue weighted by molar-refractivity contribution is 7.46. The minimum atomic E-state index is -4.80. The number of carbonyl (C=O) groups is 2. The number of unbranched alkanes of at least 4 members (excludes halogenated alkanes) is 6. The first-order valence-electron chi connectivity index (χ1n) is 12.8. The molecule has 0 spiro atoms. The molecule has 15 nitrogen and oxygen atoms in total. The zero-order valence-electron chi connectivity index (χ0n) is 21.8. The molecule has 0 saturated heterocycles. The smallest absolute Gasteiger partial charge is 0.462 e. The minimum Gasteiger partial charge on any atom is -0.462 e. The lowest BCUT2D eigenvalue weighted by Gasteiger charge is -2.18. The largest absolute Gasteiger partial charge is 0.469 e. The summed E-state index contributed by atoms with van der Waals surface area (Å²) in [6.07, 6.45) is 5.59. The Morgan fingerprint density at radius 1 is 1.03 bits per heavy atom. The lowest BCUT2D eigenvalue weighted by molar-refractivity contribution is -0.383. The van der Waals surface area contributed by atoms with E-state index in [2.05, 4.69) is 31.7 Å². The lowest BCUT2D eigenvalue weighted by atomic mass is 10.1. The van der Waals surface area contributed by atoms with E-state index in [0.29, 0.717) is 37.9 Å². The maximum atomic E-state index is 12.2. The number of nitrogens with zero attached hydrogens (tertiary/aromatic N) is 3. The van der Waals surface area contributed by atoms with Crippen molar-refractivity contribution in [2.24, 2.45) is 0 Å². The quantitative estimate of drug-likeness (QED) is 0.0669. The van der Waals surface area contributed by atoms with Gasteiger partial charge in [-0.2, -0.15) is 0 Å². The predicted molar refractivity (Wildman–Crippen MR) is 138 cm³/mol. The van der Waals surface area contributed by atoms with E-state index in [0.717, 1.165) is 25.7 Å². The van der Waals surface area contributed by atoms with Gasteiger partial charge < -0.3 is 24.6 Å². The fourth-order valence-electron chi connectivity index (χ4n) is 3.61. The molecule has 1 aromatic carbocycles. The highest BCUT2D eigenvalue weighted by Gasteiger charge is 2.23. The molecule has 16 heteroatoms. The average Bonchev–Trinajstić information content (AvgIpc) is 3.37. The molecule has 0 aliphatic heterocycles. The van der Waals surface area contributed by atoms with Crippen molar-refractivity contribution in [3.63, 3.8) is 0 Å². The van der Waals surface area contributed by atoms with Crippen LogP contribution in [-0.4, -0.2) is 62.8 Å². The number of ether oxygens (including phenoxy) is 2. The van der Waals surface area contributed by atoms with Crippen molar-refractivity contribution in [2.75, 3.05) is 25.1 Å². The third kappa shape index (κ3) is 12.5. The van der Waals surface area contributed by atoms with Gasteiger partial charge in [0.25, 0.3) is 0 Å². The number of phosphoric ester groups is 1. The second-order valence-corrected chi connectivity index (χ2v) is 10.1. The van der Waals surface area contributed by atoms with Gasteiger partial charge in [0.1, 0.15) is 6.61 Å². The normalized spacial score (nSPS) is 12.3. The second-order valence-electron chi connectivity index (χ2n) is 8.83. The van der Waals surface area contributed by atoms with Gasteiger partial charge in [-0.1, -0.05) is 39.0 Å². The van der Waals surface area contributed by atoms with Crippen LogP contribution in [0.3, 0.4) is 0 Å². The van der Waals surface area contributed by atoms with E-state index in [1.165, 1.54) is 12.1 Å². The van der Waals surface area contributed by atoms with E-state index in [9.17, 15) is 24.3 Å². The molecule has 2 rings (SSSR count). The van der Waals surface area contributed by atoms with Crippen molar-refractivity contribution in [2.45, 2.75) is 77.2 Å². The molecule has 39 heavy (non-hydrogen) atoms. The van der Waals surface area contributed by atoms with Crippen LogP contribution in [0.5, 0.6) is 0 Å². The topological polar surface area (TPSA) is 213 Å². The molecule has 0 bridgehead atoms. The molecule has 218 valence electrons. The van der Waals surface area contributed by atoms with Crippen LogP contribution in [0.4, 0.5) is 11.4 Å². The van der Waals surface area contributed by atoms with E-state index in [4.69, 9.17) is 19.3 Å². The van der Waals surface area contributed by atoms with Crippen LogP contribution in [0.25, 0.3) is 11.0 Å². The monoisotopic (exact) mass is 574 g/mol. The maximum absolute atomic E-state index is 12.2. The molecule has 0 fully saturated rings. The van der Waals surface area contributed by atoms with Gasteiger partial charge >= 0.3 is 25.4 Å². The number of nitro groups is 1. The molecule has 0 amide bonds. The molecule has 0 radical (unpaired) electrons. The number of esters is 2. The Labute approximate surface area is 224 Å². The van der Waals surface area contributed by atoms with Crippen LogP contribution < -0.4 is 5.32 Å². The zero-order chi connectivity index (χ0) is 28.7. The summed E-state index contributed by atoms with van der Waals surface area (Å²) in [7, 11) is -4.80. The molecule has 0 aliphatic rings. The Morgan fingerprint density at radius 3 is 2.38 bits per heavy atom. The van der Waals surface area contributed by atoms with Gasteiger partial charge in [0.15, 0.2) is 11.6 Å². The molecule has 2 aromatic rings. The van der Waals surface area contributed by atoms with Gasteiger partial charge in [0.2, 0.25) is 5.52 Å². The molecule has 3 N–H and O–H groups in total. The fourth-order valence-corrected chi connectivity index (χ4v) is 3.97. The van der Waals surface area contributed by atoms with Gasteiger partial charge in [-0.3, -0.25) is 24.2 Å². The summed E-state index contributed by atoms with van der Waals surface area (Å²) in [5, 5.41) is 21.4. The molecule has 0 unspecified atom stereocenters. The van der Waals surface area contributed by atoms with Crippen LogP contribution in [0, 0.1) is 10.1 Å². The van der Waals surface area contributed by atoms with E-state index in [1.54, 1.807) is 0 Å².